The van der Waals surface area contributed by atoms with Crippen molar-refractivity contribution in [2.75, 3.05) is 7.05 Å². The van der Waals surface area contributed by atoms with Crippen molar-refractivity contribution in [3.8, 4) is 0 Å². The van der Waals surface area contributed by atoms with Gasteiger partial charge < -0.3 is 5.32 Å². The summed E-state index contributed by atoms with van der Waals surface area (Å²) in [5, 5.41) is 7.54. The smallest absolute Gasteiger partial charge is 0.0521 e. The third-order valence-electron chi connectivity index (χ3n) is 2.91. The summed E-state index contributed by atoms with van der Waals surface area (Å²) in [6, 6.07) is 0.640. The van der Waals surface area contributed by atoms with Gasteiger partial charge in [-0.3, -0.25) is 4.68 Å². The first kappa shape index (κ1) is 12.2. The van der Waals surface area contributed by atoms with Crippen molar-refractivity contribution in [1.29, 1.82) is 0 Å². The molecule has 1 aromatic heterocycles. The van der Waals surface area contributed by atoms with Crippen LogP contribution in [0.2, 0.25) is 0 Å². The Labute approximate surface area is 92.9 Å². The Morgan fingerprint density at radius 1 is 1.47 bits per heavy atom. The number of hydrogen-bond donors (Lipinski definition) is 1. The first-order valence-corrected chi connectivity index (χ1v) is 5.78. The second-order valence-electron chi connectivity index (χ2n) is 4.55. The normalized spacial score (nSPS) is 13.4. The zero-order valence-electron chi connectivity index (χ0n) is 10.3. The van der Waals surface area contributed by atoms with Crippen LogP contribution in [-0.2, 0) is 13.5 Å². The van der Waals surface area contributed by atoms with E-state index in [9.17, 15) is 0 Å². The summed E-state index contributed by atoms with van der Waals surface area (Å²) in [5.41, 5.74) is 1.34. The number of rotatable bonds is 6. The fourth-order valence-electron chi connectivity index (χ4n) is 1.94. The molecule has 0 aromatic carbocycles. The van der Waals surface area contributed by atoms with E-state index in [0.717, 1.165) is 6.42 Å². The SMILES string of the molecule is CNC(CCCc1cnn(C)c1)C(C)C. The standard InChI is InChI=1S/C12H23N3/c1-10(2)12(13-3)7-5-6-11-8-14-15(4)9-11/h8-10,12-13H,5-7H2,1-4H3. The van der Waals surface area contributed by atoms with Crippen molar-refractivity contribution in [2.24, 2.45) is 13.0 Å². The molecule has 1 unspecified atom stereocenters. The minimum absolute atomic E-state index is 0.640. The van der Waals surface area contributed by atoms with Crippen molar-refractivity contribution in [1.82, 2.24) is 15.1 Å². The summed E-state index contributed by atoms with van der Waals surface area (Å²) in [7, 11) is 4.02. The van der Waals surface area contributed by atoms with E-state index in [1.807, 2.05) is 17.9 Å². The Balaban J connectivity index is 2.26. The molecule has 3 heteroatoms. The number of aryl methyl sites for hydroxylation is 2. The number of aromatic nitrogens is 2. The summed E-state index contributed by atoms with van der Waals surface area (Å²) >= 11 is 0. The van der Waals surface area contributed by atoms with Crippen LogP contribution in [0.1, 0.15) is 32.3 Å². The Morgan fingerprint density at radius 2 is 2.20 bits per heavy atom. The van der Waals surface area contributed by atoms with E-state index in [1.165, 1.54) is 18.4 Å². The molecule has 86 valence electrons. The van der Waals surface area contributed by atoms with Crippen molar-refractivity contribution in [3.63, 3.8) is 0 Å². The van der Waals surface area contributed by atoms with Crippen LogP contribution in [-0.4, -0.2) is 22.9 Å². The van der Waals surface area contributed by atoms with E-state index in [1.54, 1.807) is 0 Å². The lowest BCUT2D eigenvalue weighted by molar-refractivity contribution is 0.393. The van der Waals surface area contributed by atoms with Gasteiger partial charge in [0.1, 0.15) is 0 Å². The van der Waals surface area contributed by atoms with Gasteiger partial charge in [-0.05, 0) is 37.8 Å². The van der Waals surface area contributed by atoms with Gasteiger partial charge >= 0.3 is 0 Å². The number of nitrogens with one attached hydrogen (secondary N) is 1. The van der Waals surface area contributed by atoms with E-state index < -0.39 is 0 Å². The first-order valence-electron chi connectivity index (χ1n) is 5.78. The van der Waals surface area contributed by atoms with Crippen LogP contribution in [0.25, 0.3) is 0 Å². The highest BCUT2D eigenvalue weighted by Crippen LogP contribution is 2.11. The van der Waals surface area contributed by atoms with Crippen LogP contribution < -0.4 is 5.32 Å². The molecule has 0 amide bonds. The number of hydrogen-bond acceptors (Lipinski definition) is 2. The Bertz CT molecular complexity index is 278. The molecule has 0 saturated heterocycles. The molecule has 1 N–H and O–H groups in total. The summed E-state index contributed by atoms with van der Waals surface area (Å²) in [6.07, 6.45) is 7.67. The average molecular weight is 209 g/mol. The maximum absolute atomic E-state index is 4.17. The first-order chi connectivity index (χ1) is 7.13. The van der Waals surface area contributed by atoms with Gasteiger partial charge in [0.15, 0.2) is 0 Å². The molecule has 0 aliphatic heterocycles. The molecule has 0 spiro atoms. The van der Waals surface area contributed by atoms with Gasteiger partial charge in [-0.15, -0.1) is 0 Å². The van der Waals surface area contributed by atoms with E-state index in [0.29, 0.717) is 12.0 Å². The molecule has 0 saturated carbocycles. The summed E-state index contributed by atoms with van der Waals surface area (Å²) < 4.78 is 1.87. The van der Waals surface area contributed by atoms with Gasteiger partial charge in [-0.25, -0.2) is 0 Å². The van der Waals surface area contributed by atoms with Crippen LogP contribution in [0.5, 0.6) is 0 Å². The predicted octanol–water partition coefficient (Wildman–Crippen LogP) is 1.99. The monoisotopic (exact) mass is 209 g/mol. The topological polar surface area (TPSA) is 29.9 Å². The summed E-state index contributed by atoms with van der Waals surface area (Å²) in [5.74, 6) is 0.712. The van der Waals surface area contributed by atoms with Crippen LogP contribution >= 0.6 is 0 Å². The maximum atomic E-state index is 4.17. The molecule has 0 bridgehead atoms. The molecule has 0 aliphatic rings. The minimum Gasteiger partial charge on any atom is -0.317 e. The minimum atomic E-state index is 0.640. The second-order valence-corrected chi connectivity index (χ2v) is 4.55. The van der Waals surface area contributed by atoms with Gasteiger partial charge in [0, 0.05) is 19.3 Å². The van der Waals surface area contributed by atoms with Crippen molar-refractivity contribution >= 4 is 0 Å². The Hall–Kier alpha value is -0.830. The molecule has 0 fully saturated rings. The largest absolute Gasteiger partial charge is 0.317 e. The molecule has 1 atom stereocenters. The predicted molar refractivity (Wildman–Crippen MR) is 63.8 cm³/mol. The zero-order chi connectivity index (χ0) is 11.3. The third kappa shape index (κ3) is 4.04. The van der Waals surface area contributed by atoms with Crippen LogP contribution in [0, 0.1) is 5.92 Å². The number of nitrogens with zero attached hydrogens (tertiary/aromatic N) is 2. The van der Waals surface area contributed by atoms with Crippen molar-refractivity contribution in [2.45, 2.75) is 39.2 Å². The van der Waals surface area contributed by atoms with Gasteiger partial charge in [0.2, 0.25) is 0 Å². The quantitative estimate of drug-likeness (QED) is 0.776. The van der Waals surface area contributed by atoms with Gasteiger partial charge in [-0.2, -0.15) is 5.10 Å². The summed E-state index contributed by atoms with van der Waals surface area (Å²) in [6.45, 7) is 4.54. The van der Waals surface area contributed by atoms with Crippen LogP contribution in [0.15, 0.2) is 12.4 Å². The Kier molecular flexibility index (Phi) is 4.82. The van der Waals surface area contributed by atoms with E-state index in [-0.39, 0.29) is 0 Å². The van der Waals surface area contributed by atoms with E-state index >= 15 is 0 Å². The van der Waals surface area contributed by atoms with Crippen LogP contribution in [0.4, 0.5) is 0 Å². The van der Waals surface area contributed by atoms with E-state index in [4.69, 9.17) is 0 Å². The molecule has 15 heavy (non-hydrogen) atoms. The molecule has 1 rings (SSSR count). The maximum Gasteiger partial charge on any atom is 0.0521 e. The van der Waals surface area contributed by atoms with Crippen molar-refractivity contribution in [3.05, 3.63) is 18.0 Å². The highest BCUT2D eigenvalue weighted by atomic mass is 15.2. The molecular weight excluding hydrogens is 186 g/mol. The lowest BCUT2D eigenvalue weighted by Crippen LogP contribution is -2.30. The fourth-order valence-corrected chi connectivity index (χ4v) is 1.94. The lowest BCUT2D eigenvalue weighted by Gasteiger charge is -2.19. The zero-order valence-corrected chi connectivity index (χ0v) is 10.3. The molecule has 3 nitrogen and oxygen atoms in total. The van der Waals surface area contributed by atoms with Crippen molar-refractivity contribution < 1.29 is 0 Å². The third-order valence-corrected chi connectivity index (χ3v) is 2.91. The van der Waals surface area contributed by atoms with Gasteiger partial charge in [0.05, 0.1) is 6.20 Å². The van der Waals surface area contributed by atoms with E-state index in [2.05, 4.69) is 37.5 Å². The molecular formula is C12H23N3. The highest BCUT2D eigenvalue weighted by molar-refractivity contribution is 5.03. The molecule has 0 aliphatic carbocycles. The Morgan fingerprint density at radius 3 is 2.67 bits per heavy atom. The average Bonchev–Trinajstić information content (AvgIpc) is 2.58. The molecule has 1 aromatic rings. The highest BCUT2D eigenvalue weighted by Gasteiger charge is 2.10. The summed E-state index contributed by atoms with van der Waals surface area (Å²) in [4.78, 5) is 0. The van der Waals surface area contributed by atoms with Crippen LogP contribution in [0.3, 0.4) is 0 Å². The second kappa shape index (κ2) is 5.91. The van der Waals surface area contributed by atoms with Gasteiger partial charge in [-0.1, -0.05) is 13.8 Å². The molecule has 1 heterocycles. The lowest BCUT2D eigenvalue weighted by atomic mass is 9.98. The molecule has 0 radical (unpaired) electrons. The fraction of sp³-hybridized carbons (Fsp3) is 0.750. The van der Waals surface area contributed by atoms with Gasteiger partial charge in [0.25, 0.3) is 0 Å².